The third kappa shape index (κ3) is 14.1. The Balaban J connectivity index is 0.000000175. The van der Waals surface area contributed by atoms with Crippen molar-refractivity contribution in [2.45, 2.75) is 77.1 Å². The Kier molecular flexibility index (Phi) is 19.2. The minimum Gasteiger partial charge on any atom is -0.414 e. The van der Waals surface area contributed by atoms with Crippen LogP contribution in [0, 0.1) is 10.1 Å². The largest absolute Gasteiger partial charge is 0.433 e. The number of aromatic nitrogens is 10. The summed E-state index contributed by atoms with van der Waals surface area (Å²) < 4.78 is 85.1. The highest BCUT2D eigenvalue weighted by molar-refractivity contribution is 6.61. The zero-order chi connectivity index (χ0) is 54.9. The lowest BCUT2D eigenvalue weighted by atomic mass is 10.2. The first-order valence-corrected chi connectivity index (χ1v) is 24.9. The van der Waals surface area contributed by atoms with Crippen LogP contribution in [0.3, 0.4) is 0 Å². The Bertz CT molecular complexity index is 3150. The number of urea groups is 1. The van der Waals surface area contributed by atoms with Crippen LogP contribution in [0.4, 0.5) is 53.3 Å². The van der Waals surface area contributed by atoms with Crippen molar-refractivity contribution in [1.82, 2.24) is 69.4 Å². The van der Waals surface area contributed by atoms with Gasteiger partial charge in [0.25, 0.3) is 5.69 Å². The number of carbonyl (C=O) groups excluding carboxylic acids is 2. The van der Waals surface area contributed by atoms with E-state index in [9.17, 15) is 46.0 Å². The number of nitrogens with zero attached hydrogens (tertiary/aromatic N) is 13. The molecule has 2 atom stereocenters. The van der Waals surface area contributed by atoms with E-state index in [2.05, 4.69) is 65.9 Å². The van der Waals surface area contributed by atoms with E-state index in [0.29, 0.717) is 82.9 Å². The minimum atomic E-state index is -4.50. The number of amides is 2. The number of nitrogens with one attached hydrogen (secondary N) is 4. The third-order valence-electron chi connectivity index (χ3n) is 12.6. The Labute approximate surface area is 452 Å². The van der Waals surface area contributed by atoms with E-state index < -0.39 is 34.1 Å². The number of nitro groups is 1. The molecule has 4 fully saturated rings. The van der Waals surface area contributed by atoms with Gasteiger partial charge in [0, 0.05) is 105 Å². The zero-order valence-electron chi connectivity index (χ0n) is 41.9. The lowest BCUT2D eigenvalue weighted by Crippen LogP contribution is -2.49. The topological polar surface area (TPSA) is 254 Å². The van der Waals surface area contributed by atoms with Gasteiger partial charge in [0.2, 0.25) is 0 Å². The summed E-state index contributed by atoms with van der Waals surface area (Å²) in [4.78, 5) is 69.8. The van der Waals surface area contributed by atoms with Gasteiger partial charge in [-0.25, -0.2) is 39.5 Å². The van der Waals surface area contributed by atoms with E-state index in [1.807, 2.05) is 32.8 Å². The second kappa shape index (κ2) is 25.7. The molecule has 1 aromatic carbocycles. The highest BCUT2D eigenvalue weighted by Crippen LogP contribution is 2.33. The SMILES string of the molecule is C1CNC1.CCn1c(-c2ccc(C(F)(F)F)nc2)nc2c(N[C@H]3CCN(C(=O)N4CCC4)C3)ncnc21.CCn1c(-c2ccc(C(F)(F)F)nc2)nc2c(N[C@H]3CCNC3)ncnc21.Cl.O=C(Cl)Oc1ccc([N+](=O)[O-])cc1. The molecule has 0 saturated carbocycles. The van der Waals surface area contributed by atoms with Crippen molar-refractivity contribution in [3.8, 4) is 28.5 Å². The number of nitro benzene ring substituents is 1. The molecule has 22 nitrogen and oxygen atoms in total. The molecule has 0 unspecified atom stereocenters. The molecular formula is C48H53Cl2F6N17O5. The molecule has 0 aliphatic carbocycles. The molecule has 0 spiro atoms. The number of carbonyl (C=O) groups is 2. The highest BCUT2D eigenvalue weighted by atomic mass is 35.5. The molecule has 78 heavy (non-hydrogen) atoms. The quantitative estimate of drug-likeness (QED) is 0.0432. The van der Waals surface area contributed by atoms with Crippen molar-refractivity contribution >= 4 is 75.1 Å². The molecule has 7 aromatic rings. The van der Waals surface area contributed by atoms with Gasteiger partial charge >= 0.3 is 23.8 Å². The summed E-state index contributed by atoms with van der Waals surface area (Å²) in [5, 5.41) is 23.4. The number of anilines is 2. The molecule has 4 saturated heterocycles. The van der Waals surface area contributed by atoms with Gasteiger partial charge in [-0.2, -0.15) is 26.3 Å². The number of pyridine rings is 2. The third-order valence-corrected chi connectivity index (χ3v) is 12.7. The number of rotatable bonds is 10. The fraction of sp³-hybridized carbons (Fsp3) is 0.417. The lowest BCUT2D eigenvalue weighted by molar-refractivity contribution is -0.384. The summed E-state index contributed by atoms with van der Waals surface area (Å²) in [5.74, 6) is 2.32. The van der Waals surface area contributed by atoms with Crippen LogP contribution in [0.1, 0.15) is 50.9 Å². The standard InChI is InChI=1S/C21H23F3N8O.C17H18F3N7.C7H4ClNO4.C3H7N.ClH/c1-2-32-18(13-4-5-15(25-10-13)21(22,23)24)29-16-17(26-12-27-19(16)32)28-14-6-9-31(11-14)20(33)30-7-3-8-30;1-2-27-15(10-3-4-12(22-7-10)17(18,19)20)26-13-14(23-9-24-16(13)27)25-11-5-6-21-8-11;8-7(10)13-6-3-1-5(2-4-6)9(11)12;1-2-4-3-1;/h4-5,10,12,14H,2-3,6-9,11H2,1H3,(H,26,27,28);3-4,7,9,11,21H,2,5-6,8H2,1H3,(H,23,24,25);1-4H;4H,1-3H2;1H/t14-;11-;;;/m00.../s1. The maximum Gasteiger partial charge on any atom is 0.433 e. The van der Waals surface area contributed by atoms with Gasteiger partial charge in [0.1, 0.15) is 41.4 Å². The fourth-order valence-corrected chi connectivity index (χ4v) is 8.43. The molecule has 0 radical (unpaired) electrons. The molecule has 30 heteroatoms. The first-order valence-electron chi connectivity index (χ1n) is 24.5. The number of non-ortho nitro benzene ring substituents is 1. The number of likely N-dealkylation sites (tertiary alicyclic amines) is 2. The Morgan fingerprint density at radius 1 is 0.705 bits per heavy atom. The maximum absolute atomic E-state index is 12.9. The molecule has 4 N–H and O–H groups in total. The van der Waals surface area contributed by atoms with Crippen LogP contribution in [0.2, 0.25) is 0 Å². The molecule has 4 aliphatic heterocycles. The number of hydrogen-bond donors (Lipinski definition) is 4. The summed E-state index contributed by atoms with van der Waals surface area (Å²) in [6.07, 6.45) is 0.507. The summed E-state index contributed by atoms with van der Waals surface area (Å²) in [6.45, 7) is 12.1. The number of benzene rings is 1. The van der Waals surface area contributed by atoms with Gasteiger partial charge in [-0.1, -0.05) is 0 Å². The predicted octanol–water partition coefficient (Wildman–Crippen LogP) is 8.67. The van der Waals surface area contributed by atoms with Crippen LogP contribution in [-0.2, 0) is 25.4 Å². The average Bonchev–Trinajstić information content (AvgIpc) is 4.21. The van der Waals surface area contributed by atoms with E-state index in [0.717, 1.165) is 57.6 Å². The van der Waals surface area contributed by atoms with Crippen molar-refractivity contribution in [3.63, 3.8) is 0 Å². The van der Waals surface area contributed by atoms with Crippen LogP contribution in [0.25, 0.3) is 45.1 Å². The van der Waals surface area contributed by atoms with Crippen LogP contribution >= 0.6 is 24.0 Å². The monoisotopic (exact) mass is 1130 g/mol. The number of alkyl halides is 6. The summed E-state index contributed by atoms with van der Waals surface area (Å²) in [6, 6.07) is 10.0. The second-order valence-corrected chi connectivity index (χ2v) is 18.0. The van der Waals surface area contributed by atoms with E-state index in [1.54, 1.807) is 0 Å². The fourth-order valence-electron chi connectivity index (χ4n) is 8.34. The molecule has 10 heterocycles. The smallest absolute Gasteiger partial charge is 0.414 e. The van der Waals surface area contributed by atoms with Crippen molar-refractivity contribution in [1.29, 1.82) is 0 Å². The van der Waals surface area contributed by atoms with Crippen molar-refractivity contribution < 1.29 is 45.6 Å². The zero-order valence-corrected chi connectivity index (χ0v) is 43.5. The first kappa shape index (κ1) is 58.1. The van der Waals surface area contributed by atoms with Crippen molar-refractivity contribution in [2.24, 2.45) is 0 Å². The summed E-state index contributed by atoms with van der Waals surface area (Å²) >= 11 is 4.92. The summed E-state index contributed by atoms with van der Waals surface area (Å²) in [7, 11) is 0. The number of imidazole rings is 2. The first-order chi connectivity index (χ1) is 36.9. The molecule has 4 aliphatic rings. The van der Waals surface area contributed by atoms with Crippen molar-refractivity contribution in [3.05, 3.63) is 95.1 Å². The Hall–Kier alpha value is -7.56. The van der Waals surface area contributed by atoms with E-state index in [1.165, 1.54) is 81.0 Å². The number of hydrogen-bond acceptors (Lipinski definition) is 17. The normalized spacial score (nSPS) is 16.7. The van der Waals surface area contributed by atoms with Crippen LogP contribution in [0.5, 0.6) is 5.75 Å². The van der Waals surface area contributed by atoms with E-state index >= 15 is 0 Å². The van der Waals surface area contributed by atoms with Gasteiger partial charge in [0.05, 0.1) is 4.92 Å². The van der Waals surface area contributed by atoms with Crippen LogP contribution < -0.4 is 26.0 Å². The minimum absolute atomic E-state index is 0. The number of aryl methyl sites for hydroxylation is 2. The van der Waals surface area contributed by atoms with E-state index in [4.69, 9.17) is 11.6 Å². The van der Waals surface area contributed by atoms with Gasteiger partial charge < -0.3 is 44.9 Å². The Morgan fingerprint density at radius 2 is 1.22 bits per heavy atom. The predicted molar refractivity (Wildman–Crippen MR) is 278 cm³/mol. The van der Waals surface area contributed by atoms with Crippen molar-refractivity contribution in [2.75, 3.05) is 63.0 Å². The van der Waals surface area contributed by atoms with E-state index in [-0.39, 0.29) is 42.0 Å². The molecule has 2 amide bonds. The average molecular weight is 1130 g/mol. The molecule has 0 bridgehead atoms. The van der Waals surface area contributed by atoms with Gasteiger partial charge in [0.15, 0.2) is 34.0 Å². The maximum atomic E-state index is 12.9. The van der Waals surface area contributed by atoms with Crippen LogP contribution in [-0.4, -0.2) is 140 Å². The Morgan fingerprint density at radius 3 is 1.60 bits per heavy atom. The van der Waals surface area contributed by atoms with Crippen LogP contribution in [0.15, 0.2) is 73.6 Å². The number of fused-ring (bicyclic) bond motifs is 2. The number of halogens is 8. The molecular weight excluding hydrogens is 1080 g/mol. The lowest BCUT2D eigenvalue weighted by Gasteiger charge is -2.34. The molecule has 416 valence electrons. The van der Waals surface area contributed by atoms with Gasteiger partial charge in [-0.3, -0.25) is 20.1 Å². The molecule has 11 rings (SSSR count). The van der Waals surface area contributed by atoms with Gasteiger partial charge in [-0.15, -0.1) is 12.4 Å². The molecule has 6 aromatic heterocycles. The highest BCUT2D eigenvalue weighted by Gasteiger charge is 2.35. The second-order valence-electron chi connectivity index (χ2n) is 17.7. The number of ether oxygens (including phenoxy) is 1. The van der Waals surface area contributed by atoms with Gasteiger partial charge in [-0.05, 0) is 95.6 Å². The summed E-state index contributed by atoms with van der Waals surface area (Å²) in [5.41, 5.74) is 0.364.